The van der Waals surface area contributed by atoms with E-state index in [0.29, 0.717) is 18.0 Å². The van der Waals surface area contributed by atoms with Gasteiger partial charge in [0.25, 0.3) is 0 Å². The Labute approximate surface area is 113 Å². The van der Waals surface area contributed by atoms with Crippen molar-refractivity contribution < 1.29 is 9.32 Å². The van der Waals surface area contributed by atoms with Crippen LogP contribution in [0.2, 0.25) is 0 Å². The van der Waals surface area contributed by atoms with Crippen molar-refractivity contribution in [2.75, 3.05) is 5.32 Å². The van der Waals surface area contributed by atoms with Gasteiger partial charge in [-0.2, -0.15) is 0 Å². The summed E-state index contributed by atoms with van der Waals surface area (Å²) >= 11 is 3.40. The normalized spacial score (nSPS) is 10.4. The molecule has 4 nitrogen and oxygen atoms in total. The molecule has 0 spiro atoms. The number of carbonyl (C=O) groups excluding carboxylic acids is 1. The van der Waals surface area contributed by atoms with E-state index in [-0.39, 0.29) is 5.91 Å². The number of nitrogens with zero attached hydrogens (tertiary/aromatic N) is 1. The predicted molar refractivity (Wildman–Crippen MR) is 72.5 cm³/mol. The fourth-order valence-electron chi connectivity index (χ4n) is 1.62. The zero-order valence-electron chi connectivity index (χ0n) is 10.2. The molecule has 18 heavy (non-hydrogen) atoms. The molecule has 0 saturated heterocycles. The molecule has 0 aliphatic rings. The van der Waals surface area contributed by atoms with Crippen LogP contribution in [0.4, 0.5) is 5.82 Å². The first-order valence-corrected chi connectivity index (χ1v) is 6.32. The van der Waals surface area contributed by atoms with Crippen LogP contribution in [-0.2, 0) is 11.2 Å². The molecule has 0 saturated carbocycles. The van der Waals surface area contributed by atoms with Gasteiger partial charge in [0.15, 0.2) is 5.82 Å². The van der Waals surface area contributed by atoms with Crippen molar-refractivity contribution in [1.82, 2.24) is 5.16 Å². The van der Waals surface area contributed by atoms with Crippen LogP contribution in [0.5, 0.6) is 0 Å². The van der Waals surface area contributed by atoms with E-state index in [1.165, 1.54) is 0 Å². The Balaban J connectivity index is 2.05. The lowest BCUT2D eigenvalue weighted by molar-refractivity contribution is -0.115. The number of rotatable bonds is 3. The minimum atomic E-state index is -0.107. The van der Waals surface area contributed by atoms with Crippen molar-refractivity contribution >= 4 is 27.7 Å². The summed E-state index contributed by atoms with van der Waals surface area (Å²) in [5.41, 5.74) is 2.08. The first-order valence-electron chi connectivity index (χ1n) is 5.53. The molecule has 2 rings (SSSR count). The van der Waals surface area contributed by atoms with E-state index < -0.39 is 0 Å². The number of nitrogens with one attached hydrogen (secondary N) is 1. The van der Waals surface area contributed by atoms with E-state index in [9.17, 15) is 4.79 Å². The lowest BCUT2D eigenvalue weighted by Gasteiger charge is -2.06. The molecule has 1 heterocycles. The molecule has 1 amide bonds. The summed E-state index contributed by atoms with van der Waals surface area (Å²) in [6, 6.07) is 7.57. The highest BCUT2D eigenvalue weighted by molar-refractivity contribution is 9.10. The molecule has 2 aromatic rings. The molecule has 0 bridgehead atoms. The van der Waals surface area contributed by atoms with Gasteiger partial charge in [-0.15, -0.1) is 0 Å². The van der Waals surface area contributed by atoms with Crippen LogP contribution >= 0.6 is 15.9 Å². The summed E-state index contributed by atoms with van der Waals surface area (Å²) in [5.74, 6) is 1.01. The number of hydrogen-bond acceptors (Lipinski definition) is 3. The minimum absolute atomic E-state index is 0.107. The molecule has 0 unspecified atom stereocenters. The molecular formula is C13H13BrN2O2. The van der Waals surface area contributed by atoms with Gasteiger partial charge >= 0.3 is 0 Å². The van der Waals surface area contributed by atoms with Crippen molar-refractivity contribution in [2.24, 2.45) is 0 Å². The lowest BCUT2D eigenvalue weighted by atomic mass is 10.1. The molecular weight excluding hydrogens is 296 g/mol. The summed E-state index contributed by atoms with van der Waals surface area (Å²) in [5, 5.41) is 6.42. The van der Waals surface area contributed by atoms with Crippen LogP contribution in [0, 0.1) is 13.8 Å². The molecule has 0 radical (unpaired) electrons. The molecule has 1 aromatic heterocycles. The van der Waals surface area contributed by atoms with Crippen LogP contribution in [-0.4, -0.2) is 11.1 Å². The third-order valence-electron chi connectivity index (χ3n) is 2.56. The second kappa shape index (κ2) is 5.35. The molecule has 1 N–H and O–H groups in total. The topological polar surface area (TPSA) is 55.1 Å². The van der Waals surface area contributed by atoms with Crippen molar-refractivity contribution in [1.29, 1.82) is 0 Å². The molecule has 5 heteroatoms. The van der Waals surface area contributed by atoms with Gasteiger partial charge in [-0.25, -0.2) is 0 Å². The summed E-state index contributed by atoms with van der Waals surface area (Å²) in [6.45, 7) is 3.76. The molecule has 0 fully saturated rings. The maximum Gasteiger partial charge on any atom is 0.230 e. The van der Waals surface area contributed by atoms with Crippen LogP contribution in [0.25, 0.3) is 0 Å². The number of hydrogen-bond donors (Lipinski definition) is 1. The smallest absolute Gasteiger partial charge is 0.230 e. The van der Waals surface area contributed by atoms with E-state index in [1.807, 2.05) is 25.1 Å². The fraction of sp³-hybridized carbons (Fsp3) is 0.231. The maximum absolute atomic E-state index is 11.8. The van der Waals surface area contributed by atoms with Crippen LogP contribution in [0.3, 0.4) is 0 Å². The van der Waals surface area contributed by atoms with E-state index in [1.54, 1.807) is 13.0 Å². The highest BCUT2D eigenvalue weighted by atomic mass is 79.9. The predicted octanol–water partition coefficient (Wildman–Crippen LogP) is 3.24. The Morgan fingerprint density at radius 2 is 2.17 bits per heavy atom. The van der Waals surface area contributed by atoms with Crippen molar-refractivity contribution in [3.8, 4) is 0 Å². The van der Waals surface area contributed by atoms with Crippen molar-refractivity contribution in [3.63, 3.8) is 0 Å². The number of anilines is 1. The van der Waals surface area contributed by atoms with Gasteiger partial charge in [0.1, 0.15) is 5.76 Å². The molecule has 0 atom stereocenters. The van der Waals surface area contributed by atoms with E-state index in [4.69, 9.17) is 4.52 Å². The highest BCUT2D eigenvalue weighted by Gasteiger charge is 2.09. The second-order valence-corrected chi connectivity index (χ2v) is 5.03. The average Bonchev–Trinajstić information content (AvgIpc) is 2.69. The van der Waals surface area contributed by atoms with Crippen molar-refractivity contribution in [3.05, 3.63) is 45.6 Å². The van der Waals surface area contributed by atoms with E-state index in [2.05, 4.69) is 26.4 Å². The second-order valence-electron chi connectivity index (χ2n) is 4.12. The first-order chi connectivity index (χ1) is 8.54. The van der Waals surface area contributed by atoms with Crippen LogP contribution in [0.15, 0.2) is 33.3 Å². The highest BCUT2D eigenvalue weighted by Crippen LogP contribution is 2.17. The van der Waals surface area contributed by atoms with Gasteiger partial charge < -0.3 is 9.84 Å². The number of aryl methyl sites for hydroxylation is 2. The Hall–Kier alpha value is -1.62. The third kappa shape index (κ3) is 3.20. The van der Waals surface area contributed by atoms with E-state index in [0.717, 1.165) is 15.6 Å². The Bertz CT molecular complexity index is 578. The maximum atomic E-state index is 11.8. The monoisotopic (exact) mass is 308 g/mol. The third-order valence-corrected chi connectivity index (χ3v) is 3.05. The fourth-order valence-corrected chi connectivity index (χ4v) is 2.02. The number of amides is 1. The number of aromatic nitrogens is 1. The summed E-state index contributed by atoms with van der Waals surface area (Å²) in [6.07, 6.45) is 0.317. The van der Waals surface area contributed by atoms with Crippen LogP contribution in [0.1, 0.15) is 16.9 Å². The number of carbonyl (C=O) groups is 1. The lowest BCUT2D eigenvalue weighted by Crippen LogP contribution is -2.15. The van der Waals surface area contributed by atoms with Gasteiger partial charge in [0.2, 0.25) is 5.91 Å². The zero-order valence-corrected chi connectivity index (χ0v) is 11.7. The SMILES string of the molecule is Cc1cc(NC(=O)Cc2cc(Br)ccc2C)no1. The summed E-state index contributed by atoms with van der Waals surface area (Å²) < 4.78 is 5.85. The van der Waals surface area contributed by atoms with Gasteiger partial charge in [0, 0.05) is 10.5 Å². The zero-order chi connectivity index (χ0) is 13.1. The van der Waals surface area contributed by atoms with Gasteiger partial charge in [0.05, 0.1) is 6.42 Å². The number of benzene rings is 1. The van der Waals surface area contributed by atoms with Gasteiger partial charge in [-0.3, -0.25) is 4.79 Å². The van der Waals surface area contributed by atoms with Crippen LogP contribution < -0.4 is 5.32 Å². The van der Waals surface area contributed by atoms with Gasteiger partial charge in [-0.05, 0) is 37.1 Å². The van der Waals surface area contributed by atoms with E-state index >= 15 is 0 Å². The first kappa shape index (κ1) is 12.8. The minimum Gasteiger partial charge on any atom is -0.360 e. The average molecular weight is 309 g/mol. The van der Waals surface area contributed by atoms with Crippen molar-refractivity contribution in [2.45, 2.75) is 20.3 Å². The largest absolute Gasteiger partial charge is 0.360 e. The molecule has 1 aromatic carbocycles. The molecule has 0 aliphatic carbocycles. The summed E-state index contributed by atoms with van der Waals surface area (Å²) in [7, 11) is 0. The standard InChI is InChI=1S/C13H13BrN2O2/c1-8-3-4-11(14)6-10(8)7-13(17)15-12-5-9(2)18-16-12/h3-6H,7H2,1-2H3,(H,15,16,17). The number of halogens is 1. The molecule has 94 valence electrons. The van der Waals surface area contributed by atoms with Gasteiger partial charge in [-0.1, -0.05) is 27.2 Å². The summed E-state index contributed by atoms with van der Waals surface area (Å²) in [4.78, 5) is 11.8. The Morgan fingerprint density at radius 1 is 1.39 bits per heavy atom. The Morgan fingerprint density at radius 3 is 2.83 bits per heavy atom. The molecule has 0 aliphatic heterocycles. The Kier molecular flexibility index (Phi) is 3.81. The quantitative estimate of drug-likeness (QED) is 0.947.